The predicted octanol–water partition coefficient (Wildman–Crippen LogP) is 5.46. The van der Waals surface area contributed by atoms with E-state index in [9.17, 15) is 9.59 Å². The molecule has 6 nitrogen and oxygen atoms in total. The number of nitrogens with one attached hydrogen (secondary N) is 1. The number of carbonyl (C=O) groups excluding carboxylic acids is 2. The van der Waals surface area contributed by atoms with Gasteiger partial charge in [-0.3, -0.25) is 14.6 Å². The summed E-state index contributed by atoms with van der Waals surface area (Å²) in [4.78, 5) is 37.9. The Kier molecular flexibility index (Phi) is 6.37. The fourth-order valence-electron chi connectivity index (χ4n) is 6.18. The van der Waals surface area contributed by atoms with Crippen molar-refractivity contribution in [2.45, 2.75) is 51.0 Å². The molecule has 1 N–H and O–H groups in total. The first-order chi connectivity index (χ1) is 18.3. The molecule has 0 unspecified atom stereocenters. The molecule has 0 saturated carbocycles. The number of halogens is 1. The Hall–Kier alpha value is -3.07. The van der Waals surface area contributed by atoms with Crippen LogP contribution in [0.4, 0.5) is 5.82 Å². The van der Waals surface area contributed by atoms with Gasteiger partial charge in [0.05, 0.1) is 16.9 Å². The van der Waals surface area contributed by atoms with E-state index in [1.165, 1.54) is 11.1 Å². The lowest BCUT2D eigenvalue weighted by molar-refractivity contribution is -0.141. The van der Waals surface area contributed by atoms with Gasteiger partial charge in [-0.2, -0.15) is 0 Å². The van der Waals surface area contributed by atoms with E-state index in [-0.39, 0.29) is 17.9 Å². The lowest BCUT2D eigenvalue weighted by atomic mass is 9.80. The van der Waals surface area contributed by atoms with Crippen LogP contribution in [0, 0.1) is 5.41 Å². The molecule has 1 spiro atoms. The maximum Gasteiger partial charge on any atom is 0.237 e. The molecule has 0 saturated heterocycles. The van der Waals surface area contributed by atoms with Gasteiger partial charge in [-0.1, -0.05) is 78.9 Å². The molecule has 0 radical (unpaired) electrons. The number of nitrogens with zero attached hydrogens (tertiary/aromatic N) is 3. The molecule has 6 rings (SSSR count). The van der Waals surface area contributed by atoms with Crippen molar-refractivity contribution in [1.29, 1.82) is 0 Å². The first-order valence-electron chi connectivity index (χ1n) is 13.2. The number of pyridine rings is 2. The smallest absolute Gasteiger partial charge is 0.237 e. The molecule has 3 aromatic rings. The van der Waals surface area contributed by atoms with E-state index in [0.717, 1.165) is 39.7 Å². The van der Waals surface area contributed by atoms with Gasteiger partial charge in [0.2, 0.25) is 11.8 Å². The number of carbonyl (C=O) groups is 2. The van der Waals surface area contributed by atoms with E-state index in [0.29, 0.717) is 25.2 Å². The van der Waals surface area contributed by atoms with E-state index >= 15 is 0 Å². The maximum atomic E-state index is 13.7. The van der Waals surface area contributed by atoms with Gasteiger partial charge in [0.25, 0.3) is 0 Å². The first kappa shape index (κ1) is 25.2. The molecule has 3 aliphatic rings. The number of benzene rings is 1. The van der Waals surface area contributed by atoms with Crippen molar-refractivity contribution in [1.82, 2.24) is 14.9 Å². The van der Waals surface area contributed by atoms with E-state index in [1.807, 2.05) is 32.2 Å². The summed E-state index contributed by atoms with van der Waals surface area (Å²) in [6.07, 6.45) is 10.9. The summed E-state index contributed by atoms with van der Waals surface area (Å²) in [7, 11) is 0. The number of alkyl halides is 1. The SMILES string of the molecule is CC(C)(CI)C(=O)N(CC=Cc1cnc2c(c1)C[C@@]1(C2)C(=O)Nc2ncccc21)[C@@H]1CCc2ccccc21. The largest absolute Gasteiger partial charge is 0.331 e. The van der Waals surface area contributed by atoms with Crippen LogP contribution < -0.4 is 5.32 Å². The predicted molar refractivity (Wildman–Crippen MR) is 157 cm³/mol. The Morgan fingerprint density at radius 2 is 2.03 bits per heavy atom. The highest BCUT2D eigenvalue weighted by atomic mass is 127. The van der Waals surface area contributed by atoms with Crippen LogP contribution in [0.5, 0.6) is 0 Å². The van der Waals surface area contributed by atoms with Gasteiger partial charge in [-0.05, 0) is 53.6 Å². The van der Waals surface area contributed by atoms with Gasteiger partial charge in [0.1, 0.15) is 5.82 Å². The Morgan fingerprint density at radius 1 is 1.18 bits per heavy atom. The van der Waals surface area contributed by atoms with Gasteiger partial charge >= 0.3 is 0 Å². The molecule has 2 amide bonds. The van der Waals surface area contributed by atoms with Crippen molar-refractivity contribution in [2.24, 2.45) is 5.41 Å². The van der Waals surface area contributed by atoms with E-state index in [4.69, 9.17) is 4.98 Å². The molecular weight excluding hydrogens is 587 g/mol. The monoisotopic (exact) mass is 618 g/mol. The summed E-state index contributed by atoms with van der Waals surface area (Å²) in [5, 5.41) is 2.96. The number of rotatable bonds is 6. The van der Waals surface area contributed by atoms with Crippen LogP contribution in [0.2, 0.25) is 0 Å². The van der Waals surface area contributed by atoms with Gasteiger partial charge in [-0.25, -0.2) is 4.98 Å². The first-order valence-corrected chi connectivity index (χ1v) is 14.7. The third-order valence-electron chi connectivity index (χ3n) is 8.30. The third-order valence-corrected chi connectivity index (χ3v) is 10.2. The number of anilines is 1. The molecular formula is C31H31IN4O2. The highest BCUT2D eigenvalue weighted by Gasteiger charge is 2.51. The third kappa shape index (κ3) is 4.15. The molecule has 2 aliphatic carbocycles. The number of hydrogen-bond donors (Lipinski definition) is 1. The standard InChI is InChI=1S/C31H31IN4O2/c1-30(2,19-32)29(38)36(26-12-11-21-8-3-4-9-23(21)26)14-6-7-20-15-22-16-31(17-25(22)34-18-20)24-10-5-13-33-27(24)35-28(31)37/h3-10,13,15,18,26H,11-12,14,16-17,19H2,1-2H3,(H,33,35,37)/t26-,31+/m1/s1. The molecule has 38 heavy (non-hydrogen) atoms. The second kappa shape index (κ2) is 9.59. The van der Waals surface area contributed by atoms with Crippen LogP contribution in [0.25, 0.3) is 6.08 Å². The molecule has 1 aliphatic heterocycles. The Bertz CT molecular complexity index is 1470. The van der Waals surface area contributed by atoms with Crippen molar-refractivity contribution in [2.75, 3.05) is 16.3 Å². The maximum absolute atomic E-state index is 13.7. The van der Waals surface area contributed by atoms with Gasteiger partial charge in [-0.15, -0.1) is 0 Å². The molecule has 2 atom stereocenters. The summed E-state index contributed by atoms with van der Waals surface area (Å²) in [6, 6.07) is 14.6. The van der Waals surface area contributed by atoms with Crippen LogP contribution >= 0.6 is 22.6 Å². The van der Waals surface area contributed by atoms with Crippen LogP contribution in [-0.4, -0.2) is 37.7 Å². The van der Waals surface area contributed by atoms with Crippen molar-refractivity contribution in [3.8, 4) is 0 Å². The zero-order valence-corrected chi connectivity index (χ0v) is 23.9. The number of aromatic nitrogens is 2. The zero-order chi connectivity index (χ0) is 26.5. The molecule has 7 heteroatoms. The highest BCUT2D eigenvalue weighted by Crippen LogP contribution is 2.46. The van der Waals surface area contributed by atoms with E-state index < -0.39 is 10.8 Å². The minimum atomic E-state index is -0.620. The van der Waals surface area contributed by atoms with E-state index in [2.05, 4.69) is 80.3 Å². The Balaban J connectivity index is 1.24. The van der Waals surface area contributed by atoms with Crippen LogP contribution in [0.15, 0.2) is 60.9 Å². The fourth-order valence-corrected chi connectivity index (χ4v) is 6.51. The van der Waals surface area contributed by atoms with Crippen molar-refractivity contribution in [3.63, 3.8) is 0 Å². The Labute approximate surface area is 237 Å². The second-order valence-electron chi connectivity index (χ2n) is 11.3. The molecule has 3 heterocycles. The number of fused-ring (bicyclic) bond motifs is 4. The summed E-state index contributed by atoms with van der Waals surface area (Å²) < 4.78 is 0.765. The average Bonchev–Trinajstić information content (AvgIpc) is 3.60. The molecule has 1 aromatic carbocycles. The molecule has 0 bridgehead atoms. The van der Waals surface area contributed by atoms with Crippen LogP contribution in [-0.2, 0) is 34.3 Å². The summed E-state index contributed by atoms with van der Waals surface area (Å²) in [5.74, 6) is 0.857. The number of amides is 2. The lowest BCUT2D eigenvalue weighted by Crippen LogP contribution is -2.43. The number of aryl methyl sites for hydroxylation is 1. The summed E-state index contributed by atoms with van der Waals surface area (Å²) in [5.41, 5.74) is 5.58. The van der Waals surface area contributed by atoms with Crippen molar-refractivity contribution in [3.05, 3.63) is 94.4 Å². The molecule has 2 aromatic heterocycles. The summed E-state index contributed by atoms with van der Waals surface area (Å²) >= 11 is 2.31. The zero-order valence-electron chi connectivity index (χ0n) is 21.7. The fraction of sp³-hybridized carbons (Fsp3) is 0.355. The van der Waals surface area contributed by atoms with Crippen LogP contribution in [0.1, 0.15) is 59.8 Å². The molecule has 194 valence electrons. The normalized spacial score (nSPS) is 21.4. The quantitative estimate of drug-likeness (QED) is 0.295. The van der Waals surface area contributed by atoms with Gasteiger partial charge in [0, 0.05) is 41.0 Å². The van der Waals surface area contributed by atoms with Crippen molar-refractivity contribution < 1.29 is 9.59 Å². The minimum absolute atomic E-state index is 0.00479. The molecule has 0 fully saturated rings. The van der Waals surface area contributed by atoms with Gasteiger partial charge in [0.15, 0.2) is 0 Å². The number of hydrogen-bond acceptors (Lipinski definition) is 4. The van der Waals surface area contributed by atoms with Crippen molar-refractivity contribution >= 4 is 46.3 Å². The van der Waals surface area contributed by atoms with Crippen LogP contribution in [0.3, 0.4) is 0 Å². The second-order valence-corrected chi connectivity index (χ2v) is 12.1. The van der Waals surface area contributed by atoms with E-state index in [1.54, 1.807) is 6.20 Å². The minimum Gasteiger partial charge on any atom is -0.331 e. The Morgan fingerprint density at radius 3 is 2.87 bits per heavy atom. The van der Waals surface area contributed by atoms with Gasteiger partial charge < -0.3 is 10.2 Å². The summed E-state index contributed by atoms with van der Waals surface area (Å²) in [6.45, 7) is 4.61. The highest BCUT2D eigenvalue weighted by molar-refractivity contribution is 14.1. The lowest BCUT2D eigenvalue weighted by Gasteiger charge is -2.35. The topological polar surface area (TPSA) is 75.2 Å². The average molecular weight is 619 g/mol.